The van der Waals surface area contributed by atoms with Crippen LogP contribution in [0.3, 0.4) is 0 Å². The fourth-order valence-electron chi connectivity index (χ4n) is 2.02. The summed E-state index contributed by atoms with van der Waals surface area (Å²) in [6.07, 6.45) is 1.92. The molecule has 2 rings (SSSR count). The van der Waals surface area contributed by atoms with Crippen molar-refractivity contribution in [2.24, 2.45) is 0 Å². The van der Waals surface area contributed by atoms with Gasteiger partial charge in [0, 0.05) is 20.1 Å². The van der Waals surface area contributed by atoms with Crippen molar-refractivity contribution in [2.45, 2.75) is 25.4 Å². The predicted molar refractivity (Wildman–Crippen MR) is 54.4 cm³/mol. The Morgan fingerprint density at radius 2 is 2.43 bits per heavy atom. The topological polar surface area (TPSA) is 34.4 Å². The maximum atomic E-state index is 5.59. The third kappa shape index (κ3) is 1.83. The minimum Gasteiger partial charge on any atom is -0.466 e. The van der Waals surface area contributed by atoms with E-state index in [-0.39, 0.29) is 5.60 Å². The molecule has 1 fully saturated rings. The van der Waals surface area contributed by atoms with Crippen LogP contribution in [0.15, 0.2) is 16.5 Å². The lowest BCUT2D eigenvalue weighted by Crippen LogP contribution is -2.36. The first kappa shape index (κ1) is 9.74. The second kappa shape index (κ2) is 3.75. The van der Waals surface area contributed by atoms with Gasteiger partial charge in [-0.15, -0.1) is 0 Å². The number of nitrogens with one attached hydrogen (secondary N) is 1. The molecule has 1 aromatic rings. The molecule has 0 amide bonds. The van der Waals surface area contributed by atoms with Crippen molar-refractivity contribution in [3.63, 3.8) is 0 Å². The van der Waals surface area contributed by atoms with Gasteiger partial charge in [0.25, 0.3) is 0 Å². The highest BCUT2D eigenvalue weighted by Gasteiger charge is 2.34. The summed E-state index contributed by atoms with van der Waals surface area (Å²) < 4.78 is 11.2. The largest absolute Gasteiger partial charge is 0.466 e. The quantitative estimate of drug-likeness (QED) is 0.794. The minimum absolute atomic E-state index is 0.0513. The zero-order valence-corrected chi connectivity index (χ0v) is 8.80. The molecule has 1 aromatic heterocycles. The highest BCUT2D eigenvalue weighted by atomic mass is 16.5. The molecule has 1 aliphatic rings. The molecule has 1 saturated heterocycles. The summed E-state index contributed by atoms with van der Waals surface area (Å²) in [6.45, 7) is 3.92. The minimum atomic E-state index is -0.0513. The van der Waals surface area contributed by atoms with Crippen LogP contribution in [0, 0.1) is 6.92 Å². The van der Waals surface area contributed by atoms with Crippen LogP contribution in [0.25, 0.3) is 0 Å². The molecular weight excluding hydrogens is 178 g/mol. The van der Waals surface area contributed by atoms with E-state index >= 15 is 0 Å². The van der Waals surface area contributed by atoms with Crippen LogP contribution < -0.4 is 5.32 Å². The molecule has 0 aromatic carbocycles. The number of hydrogen-bond acceptors (Lipinski definition) is 3. The maximum Gasteiger partial charge on any atom is 0.107 e. The summed E-state index contributed by atoms with van der Waals surface area (Å²) in [5.41, 5.74) is -0.0513. The van der Waals surface area contributed by atoms with Crippen LogP contribution in [-0.2, 0) is 11.2 Å². The summed E-state index contributed by atoms with van der Waals surface area (Å²) in [4.78, 5) is 0. The van der Waals surface area contributed by atoms with E-state index in [4.69, 9.17) is 9.15 Å². The van der Waals surface area contributed by atoms with Crippen molar-refractivity contribution >= 4 is 0 Å². The lowest BCUT2D eigenvalue weighted by molar-refractivity contribution is 0.00380. The molecule has 0 aliphatic carbocycles. The molecule has 1 aliphatic heterocycles. The normalized spacial score (nSPS) is 27.0. The molecule has 0 saturated carbocycles. The predicted octanol–water partition coefficient (Wildman–Crippen LogP) is 1.51. The maximum absolute atomic E-state index is 5.59. The molecular formula is C11H17NO2. The Hall–Kier alpha value is -0.800. The van der Waals surface area contributed by atoms with Gasteiger partial charge in [-0.2, -0.15) is 0 Å². The molecule has 0 radical (unpaired) electrons. The third-order valence-corrected chi connectivity index (χ3v) is 2.93. The summed E-state index contributed by atoms with van der Waals surface area (Å²) >= 11 is 0. The molecule has 78 valence electrons. The van der Waals surface area contributed by atoms with Crippen LogP contribution >= 0.6 is 0 Å². The van der Waals surface area contributed by atoms with Gasteiger partial charge in [0.15, 0.2) is 0 Å². The first-order valence-corrected chi connectivity index (χ1v) is 5.05. The van der Waals surface area contributed by atoms with Crippen LogP contribution in [0.2, 0.25) is 0 Å². The van der Waals surface area contributed by atoms with Gasteiger partial charge in [0.1, 0.15) is 11.5 Å². The second-order valence-electron chi connectivity index (χ2n) is 4.00. The number of methoxy groups -OCH3 is 1. The van der Waals surface area contributed by atoms with Crippen LogP contribution in [-0.4, -0.2) is 25.8 Å². The van der Waals surface area contributed by atoms with Gasteiger partial charge in [0.2, 0.25) is 0 Å². The van der Waals surface area contributed by atoms with Crippen molar-refractivity contribution < 1.29 is 9.15 Å². The fourth-order valence-corrected chi connectivity index (χ4v) is 2.02. The molecule has 3 heteroatoms. The molecule has 1 unspecified atom stereocenters. The van der Waals surface area contributed by atoms with E-state index in [1.165, 1.54) is 0 Å². The monoisotopic (exact) mass is 195 g/mol. The fraction of sp³-hybridized carbons (Fsp3) is 0.636. The van der Waals surface area contributed by atoms with E-state index in [0.29, 0.717) is 0 Å². The highest BCUT2D eigenvalue weighted by Crippen LogP contribution is 2.24. The number of aryl methyl sites for hydroxylation is 1. The Bertz CT molecular complexity index is 300. The molecule has 1 atom stereocenters. The lowest BCUT2D eigenvalue weighted by Gasteiger charge is -2.25. The van der Waals surface area contributed by atoms with E-state index in [1.807, 2.05) is 19.1 Å². The number of hydrogen-bond donors (Lipinski definition) is 1. The zero-order chi connectivity index (χ0) is 10.0. The Labute approximate surface area is 84.4 Å². The van der Waals surface area contributed by atoms with Crippen molar-refractivity contribution in [3.8, 4) is 0 Å². The van der Waals surface area contributed by atoms with Crippen molar-refractivity contribution in [1.29, 1.82) is 0 Å². The molecule has 0 spiro atoms. The first-order chi connectivity index (χ1) is 6.74. The standard InChI is InChI=1S/C11H17NO2/c1-9-3-4-10(14-9)7-11(13-2)5-6-12-8-11/h3-4,12H,5-8H2,1-2H3. The van der Waals surface area contributed by atoms with Crippen LogP contribution in [0.5, 0.6) is 0 Å². The van der Waals surface area contributed by atoms with Crippen LogP contribution in [0.1, 0.15) is 17.9 Å². The van der Waals surface area contributed by atoms with Crippen molar-refractivity contribution in [2.75, 3.05) is 20.2 Å². The summed E-state index contributed by atoms with van der Waals surface area (Å²) in [6, 6.07) is 4.04. The Morgan fingerprint density at radius 3 is 2.93 bits per heavy atom. The summed E-state index contributed by atoms with van der Waals surface area (Å²) in [5, 5.41) is 3.32. The van der Waals surface area contributed by atoms with E-state index in [1.54, 1.807) is 7.11 Å². The summed E-state index contributed by atoms with van der Waals surface area (Å²) in [5.74, 6) is 1.99. The van der Waals surface area contributed by atoms with E-state index in [0.717, 1.165) is 37.5 Å². The van der Waals surface area contributed by atoms with Crippen molar-refractivity contribution in [3.05, 3.63) is 23.7 Å². The van der Waals surface area contributed by atoms with Gasteiger partial charge in [-0.1, -0.05) is 0 Å². The van der Waals surface area contributed by atoms with Gasteiger partial charge in [0.05, 0.1) is 5.60 Å². The smallest absolute Gasteiger partial charge is 0.107 e. The average molecular weight is 195 g/mol. The second-order valence-corrected chi connectivity index (χ2v) is 4.00. The zero-order valence-electron chi connectivity index (χ0n) is 8.80. The van der Waals surface area contributed by atoms with Gasteiger partial charge >= 0.3 is 0 Å². The van der Waals surface area contributed by atoms with E-state index in [2.05, 4.69) is 5.32 Å². The third-order valence-electron chi connectivity index (χ3n) is 2.93. The van der Waals surface area contributed by atoms with E-state index < -0.39 is 0 Å². The van der Waals surface area contributed by atoms with E-state index in [9.17, 15) is 0 Å². The molecule has 0 bridgehead atoms. The average Bonchev–Trinajstić information content (AvgIpc) is 2.77. The Balaban J connectivity index is 2.08. The molecule has 1 N–H and O–H groups in total. The SMILES string of the molecule is COC1(Cc2ccc(C)o2)CCNC1. The molecule has 14 heavy (non-hydrogen) atoms. The van der Waals surface area contributed by atoms with Gasteiger partial charge in [-0.25, -0.2) is 0 Å². The molecule has 2 heterocycles. The van der Waals surface area contributed by atoms with Gasteiger partial charge < -0.3 is 14.5 Å². The summed E-state index contributed by atoms with van der Waals surface area (Å²) in [7, 11) is 1.78. The van der Waals surface area contributed by atoms with Crippen molar-refractivity contribution in [1.82, 2.24) is 5.32 Å². The Morgan fingerprint density at radius 1 is 1.57 bits per heavy atom. The van der Waals surface area contributed by atoms with Gasteiger partial charge in [-0.3, -0.25) is 0 Å². The number of furan rings is 1. The lowest BCUT2D eigenvalue weighted by atomic mass is 9.97. The van der Waals surface area contributed by atoms with Gasteiger partial charge in [-0.05, 0) is 32.0 Å². The highest BCUT2D eigenvalue weighted by molar-refractivity contribution is 5.10. The first-order valence-electron chi connectivity index (χ1n) is 5.05. The number of ether oxygens (including phenoxy) is 1. The molecule has 3 nitrogen and oxygen atoms in total. The Kier molecular flexibility index (Phi) is 2.61. The number of rotatable bonds is 3. The van der Waals surface area contributed by atoms with Crippen LogP contribution in [0.4, 0.5) is 0 Å².